The standard InChI is InChI=1S/C15H20N2OS/c1-11(14(18)17-15(2,3)4)19-10-13-7-5-12(9-16)6-8-13/h5-8,11H,10H2,1-4H3,(H,17,18). The Hall–Kier alpha value is -1.47. The lowest BCUT2D eigenvalue weighted by atomic mass is 10.1. The van der Waals surface area contributed by atoms with Crippen molar-refractivity contribution in [1.82, 2.24) is 5.32 Å². The lowest BCUT2D eigenvalue weighted by Crippen LogP contribution is -2.44. The molecule has 102 valence electrons. The highest BCUT2D eigenvalue weighted by molar-refractivity contribution is 7.99. The molecule has 0 aliphatic heterocycles. The molecule has 1 rings (SSSR count). The van der Waals surface area contributed by atoms with Crippen LogP contribution in [0.5, 0.6) is 0 Å². The Balaban J connectivity index is 2.47. The van der Waals surface area contributed by atoms with E-state index in [1.807, 2.05) is 39.8 Å². The van der Waals surface area contributed by atoms with E-state index in [4.69, 9.17) is 5.26 Å². The summed E-state index contributed by atoms with van der Waals surface area (Å²) in [7, 11) is 0. The van der Waals surface area contributed by atoms with Crippen molar-refractivity contribution in [3.05, 3.63) is 35.4 Å². The molecule has 4 heteroatoms. The number of rotatable bonds is 4. The number of nitriles is 1. The van der Waals surface area contributed by atoms with Crippen LogP contribution in [0.2, 0.25) is 0 Å². The molecule has 0 spiro atoms. The minimum absolute atomic E-state index is 0.0612. The molecule has 1 aromatic carbocycles. The number of nitrogens with one attached hydrogen (secondary N) is 1. The number of thioether (sulfide) groups is 1. The molecule has 0 aromatic heterocycles. The van der Waals surface area contributed by atoms with E-state index in [0.29, 0.717) is 5.56 Å². The van der Waals surface area contributed by atoms with Gasteiger partial charge in [-0.05, 0) is 45.4 Å². The van der Waals surface area contributed by atoms with E-state index in [2.05, 4.69) is 11.4 Å². The number of benzene rings is 1. The highest BCUT2D eigenvalue weighted by Crippen LogP contribution is 2.19. The second kappa shape index (κ2) is 6.63. The SMILES string of the molecule is CC(SCc1ccc(C#N)cc1)C(=O)NC(C)(C)C. The molecule has 0 fully saturated rings. The van der Waals surface area contributed by atoms with Gasteiger partial charge in [-0.2, -0.15) is 5.26 Å². The predicted molar refractivity (Wildman–Crippen MR) is 79.8 cm³/mol. The zero-order valence-corrected chi connectivity index (χ0v) is 12.7. The van der Waals surface area contributed by atoms with E-state index in [9.17, 15) is 4.79 Å². The average Bonchev–Trinajstić information content (AvgIpc) is 2.34. The summed E-state index contributed by atoms with van der Waals surface area (Å²) in [4.78, 5) is 11.9. The summed E-state index contributed by atoms with van der Waals surface area (Å²) in [6.07, 6.45) is 0. The summed E-state index contributed by atoms with van der Waals surface area (Å²) < 4.78 is 0. The third-order valence-corrected chi connectivity index (χ3v) is 3.66. The van der Waals surface area contributed by atoms with Crippen molar-refractivity contribution in [3.63, 3.8) is 0 Å². The van der Waals surface area contributed by atoms with Crippen molar-refractivity contribution >= 4 is 17.7 Å². The van der Waals surface area contributed by atoms with Crippen LogP contribution in [-0.4, -0.2) is 16.7 Å². The first-order valence-electron chi connectivity index (χ1n) is 6.24. The zero-order valence-electron chi connectivity index (χ0n) is 11.9. The van der Waals surface area contributed by atoms with Crippen LogP contribution in [-0.2, 0) is 10.5 Å². The van der Waals surface area contributed by atoms with Gasteiger partial charge in [-0.25, -0.2) is 0 Å². The molecular weight excluding hydrogens is 256 g/mol. The first-order chi connectivity index (χ1) is 8.81. The predicted octanol–water partition coefficient (Wildman–Crippen LogP) is 3.09. The molecule has 1 atom stereocenters. The summed E-state index contributed by atoms with van der Waals surface area (Å²) in [5, 5.41) is 11.6. The largest absolute Gasteiger partial charge is 0.351 e. The number of nitrogens with zero attached hydrogens (tertiary/aromatic N) is 1. The molecule has 1 N–H and O–H groups in total. The van der Waals surface area contributed by atoms with Gasteiger partial charge in [-0.3, -0.25) is 4.79 Å². The second-order valence-corrected chi connectivity index (χ2v) is 6.83. The Morgan fingerprint density at radius 3 is 2.42 bits per heavy atom. The number of hydrogen-bond acceptors (Lipinski definition) is 3. The van der Waals surface area contributed by atoms with Crippen LogP contribution in [0.4, 0.5) is 0 Å². The van der Waals surface area contributed by atoms with Crippen molar-refractivity contribution in [2.75, 3.05) is 0 Å². The van der Waals surface area contributed by atoms with Crippen LogP contribution in [0.15, 0.2) is 24.3 Å². The maximum atomic E-state index is 11.9. The van der Waals surface area contributed by atoms with Gasteiger partial charge in [0.05, 0.1) is 16.9 Å². The van der Waals surface area contributed by atoms with Gasteiger partial charge in [-0.15, -0.1) is 11.8 Å². The van der Waals surface area contributed by atoms with Crippen molar-refractivity contribution in [3.8, 4) is 6.07 Å². The molecule has 19 heavy (non-hydrogen) atoms. The third kappa shape index (κ3) is 5.80. The lowest BCUT2D eigenvalue weighted by Gasteiger charge is -2.23. The molecule has 0 radical (unpaired) electrons. The molecular formula is C15H20N2OS. The zero-order chi connectivity index (χ0) is 14.5. The fraction of sp³-hybridized carbons (Fsp3) is 0.467. The minimum Gasteiger partial charge on any atom is -0.351 e. The Morgan fingerprint density at radius 2 is 1.95 bits per heavy atom. The summed E-state index contributed by atoms with van der Waals surface area (Å²) in [6.45, 7) is 7.84. The van der Waals surface area contributed by atoms with Gasteiger partial charge in [0, 0.05) is 11.3 Å². The summed E-state index contributed by atoms with van der Waals surface area (Å²) in [5.41, 5.74) is 1.59. The third-order valence-electron chi connectivity index (χ3n) is 2.45. The molecule has 0 bridgehead atoms. The Labute approximate surface area is 119 Å². The molecule has 0 saturated heterocycles. The van der Waals surface area contributed by atoms with Crippen LogP contribution in [0, 0.1) is 11.3 Å². The highest BCUT2D eigenvalue weighted by atomic mass is 32.2. The smallest absolute Gasteiger partial charge is 0.233 e. The van der Waals surface area contributed by atoms with Gasteiger partial charge in [0.2, 0.25) is 5.91 Å². The first kappa shape index (κ1) is 15.6. The van der Waals surface area contributed by atoms with E-state index >= 15 is 0 Å². The van der Waals surface area contributed by atoms with Crippen LogP contribution < -0.4 is 5.32 Å². The first-order valence-corrected chi connectivity index (χ1v) is 7.29. The fourth-order valence-corrected chi connectivity index (χ4v) is 2.29. The molecule has 1 aromatic rings. The summed E-state index contributed by atoms with van der Waals surface area (Å²) in [6, 6.07) is 9.56. The van der Waals surface area contributed by atoms with Crippen LogP contribution in [0.25, 0.3) is 0 Å². The van der Waals surface area contributed by atoms with Crippen molar-refractivity contribution < 1.29 is 4.79 Å². The van der Waals surface area contributed by atoms with Gasteiger partial charge >= 0.3 is 0 Å². The van der Waals surface area contributed by atoms with E-state index < -0.39 is 0 Å². The van der Waals surface area contributed by atoms with Crippen LogP contribution in [0.3, 0.4) is 0 Å². The Kier molecular flexibility index (Phi) is 5.44. The van der Waals surface area contributed by atoms with E-state index in [1.54, 1.807) is 23.9 Å². The summed E-state index contributed by atoms with van der Waals surface area (Å²) in [5.74, 6) is 0.830. The van der Waals surface area contributed by atoms with Crippen molar-refractivity contribution in [1.29, 1.82) is 5.26 Å². The lowest BCUT2D eigenvalue weighted by molar-refractivity contribution is -0.121. The van der Waals surface area contributed by atoms with E-state index in [-0.39, 0.29) is 16.7 Å². The molecule has 1 unspecified atom stereocenters. The van der Waals surface area contributed by atoms with Crippen LogP contribution in [0.1, 0.15) is 38.8 Å². The number of carbonyl (C=O) groups excluding carboxylic acids is 1. The van der Waals surface area contributed by atoms with Gasteiger partial charge < -0.3 is 5.32 Å². The molecule has 0 heterocycles. The Bertz CT molecular complexity index is 468. The monoisotopic (exact) mass is 276 g/mol. The second-order valence-electron chi connectivity index (χ2n) is 5.50. The van der Waals surface area contributed by atoms with Crippen molar-refractivity contribution in [2.24, 2.45) is 0 Å². The maximum absolute atomic E-state index is 11.9. The van der Waals surface area contributed by atoms with Gasteiger partial charge in [0.15, 0.2) is 0 Å². The number of carbonyl (C=O) groups is 1. The Morgan fingerprint density at radius 1 is 1.37 bits per heavy atom. The van der Waals surface area contributed by atoms with Gasteiger partial charge in [-0.1, -0.05) is 12.1 Å². The van der Waals surface area contributed by atoms with Gasteiger partial charge in [0.1, 0.15) is 0 Å². The summed E-state index contributed by atoms with van der Waals surface area (Å²) >= 11 is 1.60. The molecule has 3 nitrogen and oxygen atoms in total. The molecule has 0 aliphatic carbocycles. The number of hydrogen-bond donors (Lipinski definition) is 1. The average molecular weight is 276 g/mol. The molecule has 0 saturated carbocycles. The van der Waals surface area contributed by atoms with Gasteiger partial charge in [0.25, 0.3) is 0 Å². The fourth-order valence-electron chi connectivity index (χ4n) is 1.44. The van der Waals surface area contributed by atoms with E-state index in [1.165, 1.54) is 0 Å². The quantitative estimate of drug-likeness (QED) is 0.919. The maximum Gasteiger partial charge on any atom is 0.233 e. The van der Waals surface area contributed by atoms with Crippen LogP contribution >= 0.6 is 11.8 Å². The highest BCUT2D eigenvalue weighted by Gasteiger charge is 2.19. The normalized spacial score (nSPS) is 12.6. The van der Waals surface area contributed by atoms with E-state index in [0.717, 1.165) is 11.3 Å². The minimum atomic E-state index is -0.194. The molecule has 1 amide bonds. The van der Waals surface area contributed by atoms with Crippen molar-refractivity contribution in [2.45, 2.75) is 44.2 Å². The topological polar surface area (TPSA) is 52.9 Å². The number of amides is 1. The molecule has 0 aliphatic rings.